The maximum Gasteiger partial charge on any atom is 0.358 e. The first kappa shape index (κ1) is 23.3. The molecule has 2 aromatic carbocycles. The molecule has 176 valence electrons. The first-order valence-corrected chi connectivity index (χ1v) is 11.0. The molecular formula is C23H26FN8O2+. The predicted octanol–water partition coefficient (Wildman–Crippen LogP) is 2.87. The number of rotatable bonds is 4. The number of hydrogen-bond acceptors (Lipinski definition) is 7. The van der Waals surface area contributed by atoms with Crippen molar-refractivity contribution in [2.45, 2.75) is 26.3 Å². The van der Waals surface area contributed by atoms with Crippen LogP contribution in [0.25, 0.3) is 11.0 Å². The van der Waals surface area contributed by atoms with Gasteiger partial charge in [-0.3, -0.25) is 9.36 Å². The van der Waals surface area contributed by atoms with Crippen molar-refractivity contribution in [3.63, 3.8) is 0 Å². The number of carbonyl (C=O) groups is 2. The molecule has 0 radical (unpaired) electrons. The van der Waals surface area contributed by atoms with Crippen LogP contribution < -0.4 is 15.6 Å². The van der Waals surface area contributed by atoms with Crippen LogP contribution in [-0.4, -0.2) is 40.8 Å². The normalized spacial score (nSPS) is 19.7. The van der Waals surface area contributed by atoms with E-state index in [0.29, 0.717) is 12.5 Å². The second-order valence-corrected chi connectivity index (χ2v) is 8.18. The van der Waals surface area contributed by atoms with Gasteiger partial charge in [-0.05, 0) is 60.4 Å². The number of fused-ring (bicyclic) bond motifs is 1. The lowest BCUT2D eigenvalue weighted by molar-refractivity contribution is -0.132. The van der Waals surface area contributed by atoms with Gasteiger partial charge in [0.05, 0.1) is 28.7 Å². The van der Waals surface area contributed by atoms with E-state index in [0.717, 1.165) is 42.5 Å². The minimum atomic E-state index is -0.486. The molecule has 1 atom stereocenters. The Balaban J connectivity index is 0.000000636. The highest BCUT2D eigenvalue weighted by Crippen LogP contribution is 2.33. The largest absolute Gasteiger partial charge is 0.370 e. The van der Waals surface area contributed by atoms with Gasteiger partial charge in [0.1, 0.15) is 5.82 Å². The number of nitrogens with zero attached hydrogens (tertiary/aromatic N) is 6. The predicted molar refractivity (Wildman–Crippen MR) is 126 cm³/mol. The topological polar surface area (TPSA) is 127 Å². The van der Waals surface area contributed by atoms with E-state index in [1.807, 2.05) is 28.8 Å². The van der Waals surface area contributed by atoms with Crippen molar-refractivity contribution in [1.29, 1.82) is 0 Å². The van der Waals surface area contributed by atoms with Crippen LogP contribution in [-0.2, 0) is 16.1 Å². The Morgan fingerprint density at radius 1 is 1.15 bits per heavy atom. The first-order valence-electron chi connectivity index (χ1n) is 11.0. The summed E-state index contributed by atoms with van der Waals surface area (Å²) < 4.78 is 14.9. The van der Waals surface area contributed by atoms with Crippen molar-refractivity contribution in [2.75, 3.05) is 13.1 Å². The van der Waals surface area contributed by atoms with E-state index in [1.165, 1.54) is 25.4 Å². The Kier molecular flexibility index (Phi) is 6.85. The third-order valence-corrected chi connectivity index (χ3v) is 5.67. The van der Waals surface area contributed by atoms with E-state index in [9.17, 15) is 14.0 Å². The summed E-state index contributed by atoms with van der Waals surface area (Å²) >= 11 is 0. The fraction of sp³-hybridized carbons (Fsp3) is 0.304. The van der Waals surface area contributed by atoms with Crippen LogP contribution in [0.2, 0.25) is 0 Å². The van der Waals surface area contributed by atoms with Gasteiger partial charge in [0.2, 0.25) is 5.91 Å². The number of hydrogen-bond donors (Lipinski definition) is 2. The second kappa shape index (κ2) is 9.98. The molecule has 5 rings (SSSR count). The fourth-order valence-electron chi connectivity index (χ4n) is 4.10. The number of nitrogens with one attached hydrogen (secondary N) is 1. The number of primary amides is 1. The molecule has 1 aromatic heterocycles. The molecule has 2 amide bonds. The Morgan fingerprint density at radius 3 is 2.47 bits per heavy atom. The van der Waals surface area contributed by atoms with Gasteiger partial charge >= 0.3 is 11.9 Å². The molecule has 34 heavy (non-hydrogen) atoms. The third kappa shape index (κ3) is 4.75. The van der Waals surface area contributed by atoms with E-state index in [1.54, 1.807) is 12.1 Å². The highest BCUT2D eigenvalue weighted by Gasteiger charge is 2.51. The first-order chi connectivity index (χ1) is 16.4. The molecule has 0 saturated carbocycles. The quantitative estimate of drug-likeness (QED) is 0.574. The Morgan fingerprint density at radius 2 is 1.82 bits per heavy atom. The van der Waals surface area contributed by atoms with Gasteiger partial charge in [-0.1, -0.05) is 29.4 Å². The van der Waals surface area contributed by atoms with E-state index >= 15 is 0 Å². The summed E-state index contributed by atoms with van der Waals surface area (Å²) in [6.07, 6.45) is 2.92. The molecule has 2 aliphatic rings. The van der Waals surface area contributed by atoms with Crippen LogP contribution in [0, 0.1) is 11.7 Å². The number of carbonyl (C=O) groups excluding carboxylic acids is 2. The molecule has 10 nitrogen and oxygen atoms in total. The smallest absolute Gasteiger partial charge is 0.358 e. The Bertz CT molecular complexity index is 1230. The van der Waals surface area contributed by atoms with Crippen molar-refractivity contribution >= 4 is 35.1 Å². The molecule has 1 saturated heterocycles. The van der Waals surface area contributed by atoms with Gasteiger partial charge in [-0.25, -0.2) is 9.18 Å². The van der Waals surface area contributed by atoms with E-state index in [-0.39, 0.29) is 23.5 Å². The second-order valence-electron chi connectivity index (χ2n) is 8.18. The number of nitrogens with two attached hydrogens (primary N) is 1. The highest BCUT2D eigenvalue weighted by atomic mass is 19.1. The summed E-state index contributed by atoms with van der Waals surface area (Å²) in [5.41, 5.74) is 6.98. The number of para-hydroxylation sites is 2. The molecule has 0 bridgehead atoms. The summed E-state index contributed by atoms with van der Waals surface area (Å²) in [5, 5.41) is 15.2. The zero-order chi connectivity index (χ0) is 24.1. The number of halogens is 1. The minimum Gasteiger partial charge on any atom is -0.370 e. The third-order valence-electron chi connectivity index (χ3n) is 5.67. The van der Waals surface area contributed by atoms with E-state index < -0.39 is 4.59 Å². The molecule has 0 aliphatic carbocycles. The summed E-state index contributed by atoms with van der Waals surface area (Å²) in [7, 11) is 0. The molecule has 3 aromatic rings. The van der Waals surface area contributed by atoms with Crippen molar-refractivity contribution in [2.24, 2.45) is 27.2 Å². The van der Waals surface area contributed by atoms with Crippen molar-refractivity contribution in [3.05, 3.63) is 59.9 Å². The van der Waals surface area contributed by atoms with Gasteiger partial charge in [0, 0.05) is 12.1 Å². The van der Waals surface area contributed by atoms with E-state index in [4.69, 9.17) is 4.98 Å². The minimum absolute atomic E-state index is 0.0860. The standard InChI is InChI=1S/C21H21FN7O.C2H5NO/c22-17-7-5-15(6-8-17)13-28-19-4-2-1-3-18(19)25-21(28)29(14-24-26-27-29)20(30)16-9-11-23-12-10-16;1-2(3)4/h1-8,14,16,23H,9-13H2;1H3,(H2,3,4)/q+1;. The summed E-state index contributed by atoms with van der Waals surface area (Å²) in [4.78, 5) is 27.6. The maximum atomic E-state index is 13.6. The number of quaternary nitrogens is 1. The summed E-state index contributed by atoms with van der Waals surface area (Å²) in [6.45, 7) is 3.30. The number of aromatic nitrogens is 2. The van der Waals surface area contributed by atoms with Gasteiger partial charge in [0.15, 0.2) is 0 Å². The zero-order valence-corrected chi connectivity index (χ0v) is 18.8. The lowest BCUT2D eigenvalue weighted by Gasteiger charge is -2.26. The number of imidazole rings is 1. The van der Waals surface area contributed by atoms with E-state index in [2.05, 4.69) is 26.6 Å². The van der Waals surface area contributed by atoms with Gasteiger partial charge in [-0.2, -0.15) is 4.98 Å². The SMILES string of the molecule is CC(N)=O.O=C(C1CCNCC1)[N+]1(c2nc3ccccc3n2Cc2ccc(F)cc2)C=NN=N1. The van der Waals surface area contributed by atoms with Crippen LogP contribution >= 0.6 is 0 Å². The number of piperidine rings is 1. The lowest BCUT2D eigenvalue weighted by atomic mass is 9.96. The summed E-state index contributed by atoms with van der Waals surface area (Å²) in [6, 6.07) is 14.0. The van der Waals surface area contributed by atoms with Crippen LogP contribution in [0.4, 0.5) is 10.3 Å². The molecule has 1 unspecified atom stereocenters. The van der Waals surface area contributed by atoms with Crippen LogP contribution in [0.15, 0.2) is 64.1 Å². The average Bonchev–Trinajstić information content (AvgIpc) is 3.47. The molecule has 1 fully saturated rings. The lowest BCUT2D eigenvalue weighted by Crippen LogP contribution is -2.53. The fourth-order valence-corrected chi connectivity index (χ4v) is 4.10. The van der Waals surface area contributed by atoms with Crippen molar-refractivity contribution < 1.29 is 14.0 Å². The van der Waals surface area contributed by atoms with Gasteiger partial charge in [-0.15, -0.1) is 0 Å². The van der Waals surface area contributed by atoms with Crippen LogP contribution in [0.1, 0.15) is 25.3 Å². The monoisotopic (exact) mass is 465 g/mol. The molecular weight excluding hydrogens is 439 g/mol. The van der Waals surface area contributed by atoms with Crippen molar-refractivity contribution in [1.82, 2.24) is 19.5 Å². The molecule has 3 heterocycles. The van der Waals surface area contributed by atoms with Gasteiger partial charge < -0.3 is 11.1 Å². The van der Waals surface area contributed by atoms with Gasteiger partial charge in [0.25, 0.3) is 6.34 Å². The molecule has 3 N–H and O–H groups in total. The maximum absolute atomic E-state index is 13.6. The number of amides is 2. The molecule has 11 heteroatoms. The molecule has 2 aliphatic heterocycles. The zero-order valence-electron chi connectivity index (χ0n) is 18.8. The average molecular weight is 466 g/mol. The number of benzene rings is 2. The summed E-state index contributed by atoms with van der Waals surface area (Å²) in [5.74, 6) is -0.431. The highest BCUT2D eigenvalue weighted by molar-refractivity contribution is 6.03. The van der Waals surface area contributed by atoms with Crippen LogP contribution in [0.3, 0.4) is 0 Å². The van der Waals surface area contributed by atoms with Crippen LogP contribution in [0.5, 0.6) is 0 Å². The molecule has 0 spiro atoms. The Labute approximate surface area is 195 Å². The Hall–Kier alpha value is -3.83. The van der Waals surface area contributed by atoms with Crippen molar-refractivity contribution in [3.8, 4) is 0 Å².